The van der Waals surface area contributed by atoms with E-state index in [9.17, 15) is 4.79 Å². The molecule has 0 spiro atoms. The standard InChI is InChI=1S/C10H16N2OS/c1-8(9-4-3-7-14-9)12-10(13)5-2-6-11/h3-4,7-8H,2,5-6,11H2,1H3,(H,12,13)/t8-/m1/s1. The summed E-state index contributed by atoms with van der Waals surface area (Å²) < 4.78 is 0. The van der Waals surface area contributed by atoms with Crippen LogP contribution >= 0.6 is 11.3 Å². The Kier molecular flexibility index (Phi) is 4.62. The third kappa shape index (κ3) is 3.47. The fourth-order valence-corrected chi connectivity index (χ4v) is 1.92. The van der Waals surface area contributed by atoms with Gasteiger partial charge < -0.3 is 11.1 Å². The molecule has 78 valence electrons. The third-order valence-corrected chi connectivity index (χ3v) is 3.01. The molecule has 0 fully saturated rings. The lowest BCUT2D eigenvalue weighted by Crippen LogP contribution is -2.26. The summed E-state index contributed by atoms with van der Waals surface area (Å²) in [6.45, 7) is 2.56. The Morgan fingerprint density at radius 3 is 3.07 bits per heavy atom. The molecular weight excluding hydrogens is 196 g/mol. The second kappa shape index (κ2) is 5.78. The smallest absolute Gasteiger partial charge is 0.220 e. The highest BCUT2D eigenvalue weighted by Gasteiger charge is 2.09. The summed E-state index contributed by atoms with van der Waals surface area (Å²) in [7, 11) is 0. The van der Waals surface area contributed by atoms with E-state index < -0.39 is 0 Å². The van der Waals surface area contributed by atoms with Crippen molar-refractivity contribution in [3.63, 3.8) is 0 Å². The first-order chi connectivity index (χ1) is 6.74. The van der Waals surface area contributed by atoms with E-state index in [1.54, 1.807) is 11.3 Å². The predicted molar refractivity (Wildman–Crippen MR) is 59.2 cm³/mol. The lowest BCUT2D eigenvalue weighted by Gasteiger charge is -2.11. The van der Waals surface area contributed by atoms with Gasteiger partial charge in [-0.15, -0.1) is 11.3 Å². The molecule has 0 bridgehead atoms. The molecule has 0 saturated heterocycles. The molecule has 1 rings (SSSR count). The first kappa shape index (κ1) is 11.2. The number of hydrogen-bond acceptors (Lipinski definition) is 3. The number of hydrogen-bond donors (Lipinski definition) is 2. The van der Waals surface area contributed by atoms with E-state index in [-0.39, 0.29) is 11.9 Å². The van der Waals surface area contributed by atoms with E-state index in [1.165, 1.54) is 4.88 Å². The molecule has 1 amide bonds. The Bertz CT molecular complexity index is 272. The number of nitrogens with one attached hydrogen (secondary N) is 1. The quantitative estimate of drug-likeness (QED) is 0.780. The van der Waals surface area contributed by atoms with Gasteiger partial charge in [0.25, 0.3) is 0 Å². The molecule has 3 nitrogen and oxygen atoms in total. The molecule has 0 radical (unpaired) electrons. The Hall–Kier alpha value is -0.870. The normalized spacial score (nSPS) is 12.4. The van der Waals surface area contributed by atoms with Crippen molar-refractivity contribution in [1.29, 1.82) is 0 Å². The van der Waals surface area contributed by atoms with Crippen LogP contribution in [0.2, 0.25) is 0 Å². The van der Waals surface area contributed by atoms with Crippen LogP contribution < -0.4 is 11.1 Å². The molecule has 14 heavy (non-hydrogen) atoms. The fraction of sp³-hybridized carbons (Fsp3) is 0.500. The number of nitrogens with two attached hydrogens (primary N) is 1. The first-order valence-electron chi connectivity index (χ1n) is 4.77. The molecule has 0 aromatic carbocycles. The molecule has 0 aliphatic heterocycles. The number of amides is 1. The average molecular weight is 212 g/mol. The van der Waals surface area contributed by atoms with Crippen molar-refractivity contribution in [2.24, 2.45) is 5.73 Å². The van der Waals surface area contributed by atoms with Crippen molar-refractivity contribution in [1.82, 2.24) is 5.32 Å². The summed E-state index contributed by atoms with van der Waals surface area (Å²) in [5.74, 6) is 0.0800. The highest BCUT2D eigenvalue weighted by atomic mass is 32.1. The Morgan fingerprint density at radius 1 is 1.71 bits per heavy atom. The van der Waals surface area contributed by atoms with E-state index >= 15 is 0 Å². The minimum atomic E-state index is 0.0800. The van der Waals surface area contributed by atoms with Crippen LogP contribution in [0.3, 0.4) is 0 Å². The van der Waals surface area contributed by atoms with Crippen LogP contribution in [0.15, 0.2) is 17.5 Å². The van der Waals surface area contributed by atoms with E-state index in [1.807, 2.05) is 24.4 Å². The van der Waals surface area contributed by atoms with Gasteiger partial charge in [-0.05, 0) is 31.3 Å². The van der Waals surface area contributed by atoms with Crippen molar-refractivity contribution >= 4 is 17.2 Å². The summed E-state index contributed by atoms with van der Waals surface area (Å²) in [6.07, 6.45) is 1.27. The zero-order valence-corrected chi connectivity index (χ0v) is 9.14. The summed E-state index contributed by atoms with van der Waals surface area (Å²) in [5, 5.41) is 4.94. The summed E-state index contributed by atoms with van der Waals surface area (Å²) >= 11 is 1.66. The van der Waals surface area contributed by atoms with Gasteiger partial charge in [-0.25, -0.2) is 0 Å². The summed E-state index contributed by atoms with van der Waals surface area (Å²) in [6, 6.07) is 4.13. The molecule has 0 unspecified atom stereocenters. The third-order valence-electron chi connectivity index (χ3n) is 1.96. The minimum Gasteiger partial charge on any atom is -0.349 e. The predicted octanol–water partition coefficient (Wildman–Crippen LogP) is 1.66. The van der Waals surface area contributed by atoms with Gasteiger partial charge in [-0.1, -0.05) is 6.07 Å². The van der Waals surface area contributed by atoms with Crippen molar-refractivity contribution in [3.8, 4) is 0 Å². The molecule has 1 heterocycles. The lowest BCUT2D eigenvalue weighted by molar-refractivity contribution is -0.121. The molecule has 3 N–H and O–H groups in total. The van der Waals surface area contributed by atoms with Crippen LogP contribution in [0.5, 0.6) is 0 Å². The van der Waals surface area contributed by atoms with Gasteiger partial charge in [0.1, 0.15) is 0 Å². The van der Waals surface area contributed by atoms with E-state index in [4.69, 9.17) is 5.73 Å². The first-order valence-corrected chi connectivity index (χ1v) is 5.65. The van der Waals surface area contributed by atoms with Gasteiger partial charge in [0.05, 0.1) is 6.04 Å². The monoisotopic (exact) mass is 212 g/mol. The summed E-state index contributed by atoms with van der Waals surface area (Å²) in [5.41, 5.74) is 5.32. The second-order valence-electron chi connectivity index (χ2n) is 3.20. The largest absolute Gasteiger partial charge is 0.349 e. The Labute approximate surface area is 88.3 Å². The van der Waals surface area contributed by atoms with Crippen molar-refractivity contribution < 1.29 is 4.79 Å². The molecule has 0 aliphatic rings. The van der Waals surface area contributed by atoms with Crippen LogP contribution in [0.4, 0.5) is 0 Å². The molecule has 1 aromatic heterocycles. The van der Waals surface area contributed by atoms with Crippen molar-refractivity contribution in [2.75, 3.05) is 6.54 Å². The van der Waals surface area contributed by atoms with Gasteiger partial charge in [-0.3, -0.25) is 4.79 Å². The maximum absolute atomic E-state index is 11.3. The zero-order chi connectivity index (χ0) is 10.4. The summed E-state index contributed by atoms with van der Waals surface area (Å²) in [4.78, 5) is 12.5. The minimum absolute atomic E-state index is 0.0800. The van der Waals surface area contributed by atoms with E-state index in [0.29, 0.717) is 13.0 Å². The molecule has 1 aromatic rings. The van der Waals surface area contributed by atoms with Crippen LogP contribution in [-0.2, 0) is 4.79 Å². The molecule has 1 atom stereocenters. The van der Waals surface area contributed by atoms with Crippen LogP contribution in [0.25, 0.3) is 0 Å². The van der Waals surface area contributed by atoms with Gasteiger partial charge >= 0.3 is 0 Å². The Morgan fingerprint density at radius 2 is 2.50 bits per heavy atom. The highest BCUT2D eigenvalue weighted by molar-refractivity contribution is 7.10. The number of carbonyl (C=O) groups excluding carboxylic acids is 1. The van der Waals surface area contributed by atoms with Crippen molar-refractivity contribution in [2.45, 2.75) is 25.8 Å². The van der Waals surface area contributed by atoms with Crippen LogP contribution in [-0.4, -0.2) is 12.5 Å². The van der Waals surface area contributed by atoms with Crippen molar-refractivity contribution in [3.05, 3.63) is 22.4 Å². The van der Waals surface area contributed by atoms with Crippen LogP contribution in [0.1, 0.15) is 30.7 Å². The van der Waals surface area contributed by atoms with Gasteiger partial charge in [0, 0.05) is 11.3 Å². The zero-order valence-electron chi connectivity index (χ0n) is 8.32. The van der Waals surface area contributed by atoms with Gasteiger partial charge in [-0.2, -0.15) is 0 Å². The topological polar surface area (TPSA) is 55.1 Å². The number of thiophene rings is 1. The SMILES string of the molecule is C[C@@H](NC(=O)CCCN)c1cccs1. The second-order valence-corrected chi connectivity index (χ2v) is 4.18. The maximum Gasteiger partial charge on any atom is 0.220 e. The van der Waals surface area contributed by atoms with Gasteiger partial charge in [0.2, 0.25) is 5.91 Å². The molecular formula is C10H16N2OS. The fourth-order valence-electron chi connectivity index (χ4n) is 1.19. The Balaban J connectivity index is 2.33. The molecule has 4 heteroatoms. The lowest BCUT2D eigenvalue weighted by atomic mass is 10.2. The van der Waals surface area contributed by atoms with Crippen LogP contribution in [0, 0.1) is 0 Å². The molecule has 0 saturated carbocycles. The average Bonchev–Trinajstić information content (AvgIpc) is 2.67. The van der Waals surface area contributed by atoms with Gasteiger partial charge in [0.15, 0.2) is 0 Å². The van der Waals surface area contributed by atoms with E-state index in [2.05, 4.69) is 5.32 Å². The van der Waals surface area contributed by atoms with E-state index in [0.717, 1.165) is 6.42 Å². The highest BCUT2D eigenvalue weighted by Crippen LogP contribution is 2.17. The maximum atomic E-state index is 11.3. The number of carbonyl (C=O) groups is 1. The molecule has 0 aliphatic carbocycles. The number of rotatable bonds is 5.